The molecule has 2 aromatic carbocycles. The maximum atomic E-state index is 13.1. The van der Waals surface area contributed by atoms with E-state index in [9.17, 15) is 9.59 Å². The van der Waals surface area contributed by atoms with E-state index in [0.717, 1.165) is 11.3 Å². The molecule has 0 aliphatic carbocycles. The Kier molecular flexibility index (Phi) is 8.47. The van der Waals surface area contributed by atoms with E-state index in [0.29, 0.717) is 23.0 Å². The van der Waals surface area contributed by atoms with Crippen molar-refractivity contribution in [2.45, 2.75) is 24.5 Å². The number of hydrogen-bond acceptors (Lipinski definition) is 6. The summed E-state index contributed by atoms with van der Waals surface area (Å²) in [6.07, 6.45) is 1.69. The predicted molar refractivity (Wildman–Crippen MR) is 126 cm³/mol. The molecule has 1 heterocycles. The number of amides is 2. The van der Waals surface area contributed by atoms with Crippen LogP contribution >= 0.6 is 23.4 Å². The van der Waals surface area contributed by atoms with Gasteiger partial charge < -0.3 is 15.4 Å². The van der Waals surface area contributed by atoms with Crippen LogP contribution in [-0.2, 0) is 11.2 Å². The van der Waals surface area contributed by atoms with Crippen LogP contribution in [-0.4, -0.2) is 40.7 Å². The number of nitrogens with one attached hydrogen (secondary N) is 2. The topological polar surface area (TPSA) is 93.2 Å². The van der Waals surface area contributed by atoms with Crippen LogP contribution in [0.25, 0.3) is 0 Å². The third-order valence-electron chi connectivity index (χ3n) is 4.47. The van der Waals surface area contributed by atoms with Gasteiger partial charge in [-0.25, -0.2) is 9.97 Å². The first-order valence-electron chi connectivity index (χ1n) is 9.95. The number of nitrogens with zero attached hydrogens (tertiary/aromatic N) is 2. The molecule has 0 fully saturated rings. The van der Waals surface area contributed by atoms with Crippen LogP contribution in [0.2, 0.25) is 5.02 Å². The molecule has 2 amide bonds. The number of benzene rings is 2. The van der Waals surface area contributed by atoms with Crippen LogP contribution in [0, 0.1) is 0 Å². The Bertz CT molecular complexity index is 1060. The Morgan fingerprint density at radius 2 is 1.84 bits per heavy atom. The van der Waals surface area contributed by atoms with Crippen molar-refractivity contribution in [3.63, 3.8) is 0 Å². The summed E-state index contributed by atoms with van der Waals surface area (Å²) in [5.74, 6) is 0.530. The smallest absolute Gasteiger partial charge is 0.272 e. The fourth-order valence-corrected chi connectivity index (χ4v) is 3.62. The normalized spacial score (nSPS) is 11.5. The Balaban J connectivity index is 1.81. The quantitative estimate of drug-likeness (QED) is 0.359. The second-order valence-corrected chi connectivity index (χ2v) is 8.35. The highest BCUT2D eigenvalue weighted by Crippen LogP contribution is 2.19. The van der Waals surface area contributed by atoms with E-state index in [-0.39, 0.29) is 16.6 Å². The van der Waals surface area contributed by atoms with E-state index in [1.807, 2.05) is 37.3 Å². The predicted octanol–water partition coefficient (Wildman–Crippen LogP) is 4.23. The molecule has 1 atom stereocenters. The first-order chi connectivity index (χ1) is 15.5. The minimum absolute atomic E-state index is 0.0351. The highest BCUT2D eigenvalue weighted by molar-refractivity contribution is 7.99. The van der Waals surface area contributed by atoms with Gasteiger partial charge >= 0.3 is 0 Å². The number of halogens is 1. The van der Waals surface area contributed by atoms with Crippen molar-refractivity contribution in [2.75, 3.05) is 18.2 Å². The van der Waals surface area contributed by atoms with E-state index in [1.165, 1.54) is 18.0 Å². The third kappa shape index (κ3) is 6.45. The van der Waals surface area contributed by atoms with Gasteiger partial charge in [-0.1, -0.05) is 60.6 Å². The van der Waals surface area contributed by atoms with Crippen molar-refractivity contribution in [1.82, 2.24) is 15.3 Å². The van der Waals surface area contributed by atoms with Crippen molar-refractivity contribution in [1.29, 1.82) is 0 Å². The van der Waals surface area contributed by atoms with Crippen LogP contribution in [0.4, 0.5) is 5.69 Å². The van der Waals surface area contributed by atoms with Crippen molar-refractivity contribution in [3.05, 3.63) is 77.1 Å². The maximum Gasteiger partial charge on any atom is 0.272 e. The van der Waals surface area contributed by atoms with Gasteiger partial charge in [0.05, 0.1) is 18.3 Å². The zero-order valence-electron chi connectivity index (χ0n) is 17.7. The zero-order valence-corrected chi connectivity index (χ0v) is 19.2. The summed E-state index contributed by atoms with van der Waals surface area (Å²) in [6, 6.07) is 15.5. The van der Waals surface area contributed by atoms with Gasteiger partial charge in [-0.2, -0.15) is 0 Å². The SMILES string of the molecule is CCSc1ncc(Cl)c(C(=O)N[C@H](Cc2ccccc2)C(=O)Nc2ccc(OC)cc2)n1. The fourth-order valence-electron chi connectivity index (χ4n) is 2.90. The monoisotopic (exact) mass is 470 g/mol. The lowest BCUT2D eigenvalue weighted by atomic mass is 10.0. The summed E-state index contributed by atoms with van der Waals surface area (Å²) >= 11 is 7.56. The number of aromatic nitrogens is 2. The number of thioether (sulfide) groups is 1. The molecule has 0 saturated heterocycles. The number of anilines is 1. The van der Waals surface area contributed by atoms with Crippen LogP contribution in [0.1, 0.15) is 23.0 Å². The molecule has 0 aliphatic heterocycles. The van der Waals surface area contributed by atoms with Crippen LogP contribution < -0.4 is 15.4 Å². The summed E-state index contributed by atoms with van der Waals surface area (Å²) in [7, 11) is 1.57. The van der Waals surface area contributed by atoms with E-state index < -0.39 is 11.9 Å². The van der Waals surface area contributed by atoms with Gasteiger partial charge in [-0.05, 0) is 35.6 Å². The minimum atomic E-state index is -0.847. The Labute approximate surface area is 196 Å². The molecule has 3 aromatic rings. The molecule has 0 saturated carbocycles. The molecule has 7 nitrogen and oxygen atoms in total. The van der Waals surface area contributed by atoms with Gasteiger partial charge in [0.25, 0.3) is 5.91 Å². The number of methoxy groups -OCH3 is 1. The molecule has 2 N–H and O–H groups in total. The second kappa shape index (κ2) is 11.5. The Morgan fingerprint density at radius 3 is 2.50 bits per heavy atom. The molecule has 0 aliphatic rings. The molecular weight excluding hydrogens is 448 g/mol. The van der Waals surface area contributed by atoms with Gasteiger partial charge in [0.2, 0.25) is 5.91 Å². The summed E-state index contributed by atoms with van der Waals surface area (Å²) < 4.78 is 5.14. The van der Waals surface area contributed by atoms with Gasteiger partial charge in [-0.3, -0.25) is 9.59 Å². The molecule has 0 radical (unpaired) electrons. The average Bonchev–Trinajstić information content (AvgIpc) is 2.81. The third-order valence-corrected chi connectivity index (χ3v) is 5.49. The van der Waals surface area contributed by atoms with Crippen molar-refractivity contribution >= 4 is 40.9 Å². The van der Waals surface area contributed by atoms with Gasteiger partial charge in [0.15, 0.2) is 10.9 Å². The second-order valence-electron chi connectivity index (χ2n) is 6.72. The van der Waals surface area contributed by atoms with Crippen molar-refractivity contribution in [3.8, 4) is 5.75 Å². The molecule has 1 aromatic heterocycles. The molecule has 166 valence electrons. The highest BCUT2D eigenvalue weighted by Gasteiger charge is 2.24. The molecule has 3 rings (SSSR count). The van der Waals surface area contributed by atoms with E-state index in [2.05, 4.69) is 20.6 Å². The average molecular weight is 471 g/mol. The maximum absolute atomic E-state index is 13.1. The van der Waals surface area contributed by atoms with Crippen LogP contribution in [0.3, 0.4) is 0 Å². The lowest BCUT2D eigenvalue weighted by Crippen LogP contribution is -2.45. The molecule has 0 unspecified atom stereocenters. The molecular formula is C23H23ClN4O3S. The molecule has 32 heavy (non-hydrogen) atoms. The lowest BCUT2D eigenvalue weighted by molar-refractivity contribution is -0.118. The van der Waals surface area contributed by atoms with E-state index >= 15 is 0 Å². The first-order valence-corrected chi connectivity index (χ1v) is 11.3. The number of hydrogen-bond donors (Lipinski definition) is 2. The van der Waals surface area contributed by atoms with Crippen molar-refractivity contribution in [2.24, 2.45) is 0 Å². The standard InChI is InChI=1S/C23H23ClN4O3S/c1-3-32-23-25-14-18(24)20(28-23)22(30)27-19(13-15-7-5-4-6-8-15)21(29)26-16-9-11-17(31-2)12-10-16/h4-12,14,19H,3,13H2,1-2H3,(H,26,29)(H,27,30)/t19-/m1/s1. The number of carbonyl (C=O) groups excluding carboxylic acids is 2. The van der Waals surface area contributed by atoms with Crippen molar-refractivity contribution < 1.29 is 14.3 Å². The van der Waals surface area contributed by atoms with Gasteiger partial charge in [0, 0.05) is 12.1 Å². The van der Waals surface area contributed by atoms with Gasteiger partial charge in [-0.15, -0.1) is 0 Å². The molecule has 9 heteroatoms. The fraction of sp³-hybridized carbons (Fsp3) is 0.217. The van der Waals surface area contributed by atoms with E-state index in [4.69, 9.17) is 16.3 Å². The Hall–Kier alpha value is -3.10. The minimum Gasteiger partial charge on any atom is -0.497 e. The van der Waals surface area contributed by atoms with Gasteiger partial charge in [0.1, 0.15) is 11.8 Å². The zero-order chi connectivity index (χ0) is 22.9. The number of carbonyl (C=O) groups is 2. The molecule has 0 bridgehead atoms. The van der Waals surface area contributed by atoms with E-state index in [1.54, 1.807) is 31.4 Å². The summed E-state index contributed by atoms with van der Waals surface area (Å²) in [6.45, 7) is 1.96. The largest absolute Gasteiger partial charge is 0.497 e. The van der Waals surface area contributed by atoms with Crippen LogP contribution in [0.5, 0.6) is 5.75 Å². The Morgan fingerprint density at radius 1 is 1.12 bits per heavy atom. The highest BCUT2D eigenvalue weighted by atomic mass is 35.5. The lowest BCUT2D eigenvalue weighted by Gasteiger charge is -2.19. The summed E-state index contributed by atoms with van der Waals surface area (Å²) in [5.41, 5.74) is 1.52. The molecule has 0 spiro atoms. The summed E-state index contributed by atoms with van der Waals surface area (Å²) in [5, 5.41) is 6.18. The number of rotatable bonds is 9. The first kappa shape index (κ1) is 23.6. The van der Waals surface area contributed by atoms with Crippen LogP contribution in [0.15, 0.2) is 66.0 Å². The number of ether oxygens (including phenoxy) is 1. The summed E-state index contributed by atoms with van der Waals surface area (Å²) in [4.78, 5) is 34.4.